The van der Waals surface area contributed by atoms with E-state index in [1.807, 2.05) is 12.1 Å². The van der Waals surface area contributed by atoms with Crippen molar-refractivity contribution in [1.82, 2.24) is 0 Å². The average Bonchev–Trinajstić information content (AvgIpc) is 2.17. The summed E-state index contributed by atoms with van der Waals surface area (Å²) in [5.41, 5.74) is 0.570. The van der Waals surface area contributed by atoms with Crippen molar-refractivity contribution < 1.29 is 9.84 Å². The molecule has 0 spiro atoms. The fraction of sp³-hybridized carbons (Fsp3) is 0.417. The first-order valence-electron chi connectivity index (χ1n) is 5.09. The second-order valence-electron chi connectivity index (χ2n) is 4.35. The lowest BCUT2D eigenvalue weighted by Crippen LogP contribution is -2.29. The van der Waals surface area contributed by atoms with Crippen LogP contribution >= 0.6 is 0 Å². The van der Waals surface area contributed by atoms with Crippen LogP contribution in [0.4, 0.5) is 0 Å². The predicted molar refractivity (Wildman–Crippen MR) is 59.3 cm³/mol. The Labute approximate surface area is 89.4 Å². The van der Waals surface area contributed by atoms with Crippen molar-refractivity contribution in [3.63, 3.8) is 0 Å². The first-order chi connectivity index (χ1) is 7.08. The van der Waals surface area contributed by atoms with Crippen molar-refractivity contribution in [3.8, 4) is 5.75 Å². The van der Waals surface area contributed by atoms with E-state index in [0.29, 0.717) is 18.1 Å². The molecule has 0 atom stereocenters. The molecule has 1 aliphatic heterocycles. The van der Waals surface area contributed by atoms with Gasteiger partial charge < -0.3 is 9.84 Å². The number of aromatic hydroxyl groups is 1. The smallest absolute Gasteiger partial charge is 0.220 e. The van der Waals surface area contributed by atoms with Gasteiger partial charge in [-0.25, -0.2) is 4.99 Å². The zero-order valence-corrected chi connectivity index (χ0v) is 9.03. The summed E-state index contributed by atoms with van der Waals surface area (Å²) in [5.74, 6) is 0.762. The Hall–Kier alpha value is -1.51. The number of aliphatic imine (C=N–C) groups is 1. The Morgan fingerprint density at radius 3 is 2.73 bits per heavy atom. The van der Waals surface area contributed by atoms with Crippen molar-refractivity contribution >= 4 is 5.90 Å². The zero-order chi connectivity index (χ0) is 10.9. The van der Waals surface area contributed by atoms with Gasteiger partial charge in [-0.15, -0.1) is 0 Å². The lowest BCUT2D eigenvalue weighted by atomic mass is 10.0. The Morgan fingerprint density at radius 2 is 2.07 bits per heavy atom. The van der Waals surface area contributed by atoms with E-state index in [2.05, 4.69) is 18.8 Å². The third-order valence-electron chi connectivity index (χ3n) is 2.49. The van der Waals surface area contributed by atoms with Crippen molar-refractivity contribution in [1.29, 1.82) is 0 Å². The highest BCUT2D eigenvalue weighted by molar-refractivity contribution is 5.97. The number of benzene rings is 1. The van der Waals surface area contributed by atoms with Gasteiger partial charge in [0.1, 0.15) is 5.75 Å². The molecule has 1 aliphatic rings. The van der Waals surface area contributed by atoms with Gasteiger partial charge in [-0.3, -0.25) is 0 Å². The minimum Gasteiger partial charge on any atom is -0.507 e. The highest BCUT2D eigenvalue weighted by Crippen LogP contribution is 2.25. The third-order valence-corrected chi connectivity index (χ3v) is 2.49. The van der Waals surface area contributed by atoms with Crippen LogP contribution in [0.15, 0.2) is 29.3 Å². The van der Waals surface area contributed by atoms with Gasteiger partial charge in [0.15, 0.2) is 0 Å². The highest BCUT2D eigenvalue weighted by Gasteiger charge is 2.24. The van der Waals surface area contributed by atoms with Crippen LogP contribution < -0.4 is 0 Å². The molecule has 0 aliphatic carbocycles. The molecular formula is C12H15NO2. The maximum Gasteiger partial charge on any atom is 0.220 e. The summed E-state index contributed by atoms with van der Waals surface area (Å²) < 4.78 is 5.47. The normalized spacial score (nSPS) is 19.2. The summed E-state index contributed by atoms with van der Waals surface area (Å²) in [6.07, 6.45) is 0.907. The van der Waals surface area contributed by atoms with E-state index in [-0.39, 0.29) is 11.3 Å². The molecule has 1 heterocycles. The molecule has 0 saturated heterocycles. The molecule has 0 bridgehead atoms. The van der Waals surface area contributed by atoms with Crippen LogP contribution in [0, 0.1) is 0 Å². The van der Waals surface area contributed by atoms with Crippen LogP contribution in [0.3, 0.4) is 0 Å². The average molecular weight is 205 g/mol. The first kappa shape index (κ1) is 10.0. The van der Waals surface area contributed by atoms with Crippen molar-refractivity contribution in [2.45, 2.75) is 25.8 Å². The van der Waals surface area contributed by atoms with Crippen LogP contribution in [0.1, 0.15) is 25.8 Å². The molecule has 0 fully saturated rings. The van der Waals surface area contributed by atoms with Gasteiger partial charge >= 0.3 is 0 Å². The lowest BCUT2D eigenvalue weighted by Gasteiger charge is -2.27. The molecule has 3 nitrogen and oxygen atoms in total. The number of phenolic OH excluding ortho intramolecular Hbond substituents is 1. The molecule has 1 aromatic rings. The quantitative estimate of drug-likeness (QED) is 0.764. The molecule has 0 unspecified atom stereocenters. The van der Waals surface area contributed by atoms with E-state index in [4.69, 9.17) is 4.74 Å². The van der Waals surface area contributed by atoms with Crippen LogP contribution in [0.5, 0.6) is 5.75 Å². The fourth-order valence-corrected chi connectivity index (χ4v) is 1.55. The number of hydrogen-bond donors (Lipinski definition) is 1. The second-order valence-corrected chi connectivity index (χ2v) is 4.35. The maximum absolute atomic E-state index is 9.67. The van der Waals surface area contributed by atoms with Gasteiger partial charge in [-0.2, -0.15) is 0 Å². The van der Waals surface area contributed by atoms with E-state index in [1.54, 1.807) is 12.1 Å². The van der Waals surface area contributed by atoms with Crippen LogP contribution in [0.25, 0.3) is 0 Å². The van der Waals surface area contributed by atoms with Gasteiger partial charge in [-0.05, 0) is 26.0 Å². The molecule has 1 aromatic carbocycles. The largest absolute Gasteiger partial charge is 0.507 e. The number of hydrogen-bond acceptors (Lipinski definition) is 3. The van der Waals surface area contributed by atoms with Gasteiger partial charge in [0, 0.05) is 6.42 Å². The lowest BCUT2D eigenvalue weighted by molar-refractivity contribution is 0.231. The van der Waals surface area contributed by atoms with Gasteiger partial charge in [0.25, 0.3) is 0 Å². The van der Waals surface area contributed by atoms with Crippen LogP contribution in [-0.2, 0) is 4.74 Å². The van der Waals surface area contributed by atoms with Crippen LogP contribution in [0.2, 0.25) is 0 Å². The molecule has 1 N–H and O–H groups in total. The van der Waals surface area contributed by atoms with Crippen molar-refractivity contribution in [3.05, 3.63) is 29.8 Å². The SMILES string of the molecule is CC1(C)CCOC(c2ccccc2O)=N1. The second kappa shape index (κ2) is 3.57. The third kappa shape index (κ3) is 2.12. The Bertz CT molecular complexity index is 396. The summed E-state index contributed by atoms with van der Waals surface area (Å²) >= 11 is 0. The maximum atomic E-state index is 9.67. The topological polar surface area (TPSA) is 41.8 Å². The number of nitrogens with zero attached hydrogens (tertiary/aromatic N) is 1. The molecule has 0 aromatic heterocycles. The van der Waals surface area contributed by atoms with Gasteiger partial charge in [0.2, 0.25) is 5.90 Å². The molecule has 0 amide bonds. The standard InChI is InChI=1S/C12H15NO2/c1-12(2)7-8-15-11(13-12)9-5-3-4-6-10(9)14/h3-6,14H,7-8H2,1-2H3. The summed E-state index contributed by atoms with van der Waals surface area (Å²) in [4.78, 5) is 4.48. The first-order valence-corrected chi connectivity index (χ1v) is 5.09. The minimum atomic E-state index is -0.101. The molecule has 0 saturated carbocycles. The monoisotopic (exact) mass is 205 g/mol. The summed E-state index contributed by atoms with van der Waals surface area (Å²) in [6.45, 7) is 4.78. The summed E-state index contributed by atoms with van der Waals surface area (Å²) in [5, 5.41) is 9.67. The van der Waals surface area contributed by atoms with E-state index in [1.165, 1.54) is 0 Å². The van der Waals surface area contributed by atoms with E-state index in [9.17, 15) is 5.11 Å². The molecule has 0 radical (unpaired) electrons. The van der Waals surface area contributed by atoms with E-state index in [0.717, 1.165) is 6.42 Å². The molecule has 15 heavy (non-hydrogen) atoms. The predicted octanol–water partition coefficient (Wildman–Crippen LogP) is 2.34. The highest BCUT2D eigenvalue weighted by atomic mass is 16.5. The van der Waals surface area contributed by atoms with Crippen molar-refractivity contribution in [2.75, 3.05) is 6.61 Å². The number of ether oxygens (including phenoxy) is 1. The zero-order valence-electron chi connectivity index (χ0n) is 9.03. The molecule has 3 heteroatoms. The Balaban J connectivity index is 2.40. The van der Waals surface area contributed by atoms with Crippen molar-refractivity contribution in [2.24, 2.45) is 4.99 Å². The summed E-state index contributed by atoms with van der Waals surface area (Å²) in [6, 6.07) is 7.11. The Morgan fingerprint density at radius 1 is 1.33 bits per heavy atom. The van der Waals surface area contributed by atoms with Gasteiger partial charge in [0.05, 0.1) is 17.7 Å². The van der Waals surface area contributed by atoms with Crippen LogP contribution in [-0.4, -0.2) is 23.2 Å². The fourth-order valence-electron chi connectivity index (χ4n) is 1.55. The Kier molecular flexibility index (Phi) is 2.39. The summed E-state index contributed by atoms with van der Waals surface area (Å²) in [7, 11) is 0. The number of phenols is 1. The molecular weight excluding hydrogens is 190 g/mol. The molecule has 2 rings (SSSR count). The minimum absolute atomic E-state index is 0.101. The number of para-hydroxylation sites is 1. The van der Waals surface area contributed by atoms with E-state index < -0.39 is 0 Å². The van der Waals surface area contributed by atoms with Gasteiger partial charge in [-0.1, -0.05) is 12.1 Å². The number of rotatable bonds is 1. The molecule has 80 valence electrons. The van der Waals surface area contributed by atoms with E-state index >= 15 is 0 Å².